The first-order valence-corrected chi connectivity index (χ1v) is 8.65. The third kappa shape index (κ3) is 3.17. The van der Waals surface area contributed by atoms with E-state index in [2.05, 4.69) is 15.2 Å². The third-order valence-electron chi connectivity index (χ3n) is 4.56. The normalized spacial score (nSPS) is 12.7. The molecular formula is C21H19N3O3. The summed E-state index contributed by atoms with van der Waals surface area (Å²) in [5.74, 6) is 0.181. The fourth-order valence-electron chi connectivity index (χ4n) is 3.33. The number of carbonyl (C=O) groups excluding carboxylic acids is 2. The van der Waals surface area contributed by atoms with E-state index in [1.807, 2.05) is 50.2 Å². The predicted octanol–water partition coefficient (Wildman–Crippen LogP) is 3.68. The van der Waals surface area contributed by atoms with Crippen LogP contribution in [-0.4, -0.2) is 23.0 Å². The standard InChI is InChI=1S/C21H19N3O3/c1-13-10-17(14(2)24(13)16-6-4-3-5-7-16)21(26)22-15-8-9-19-18(11-15)23-20(25)12-27-19/h3-11H,12H2,1-2H3,(H,22,26)(H,23,25). The van der Waals surface area contributed by atoms with Gasteiger partial charge in [-0.3, -0.25) is 9.59 Å². The monoisotopic (exact) mass is 361 g/mol. The van der Waals surface area contributed by atoms with Crippen molar-refractivity contribution in [2.45, 2.75) is 13.8 Å². The van der Waals surface area contributed by atoms with E-state index in [-0.39, 0.29) is 18.4 Å². The summed E-state index contributed by atoms with van der Waals surface area (Å²) in [6, 6.07) is 17.0. The van der Waals surface area contributed by atoms with Crippen molar-refractivity contribution >= 4 is 23.2 Å². The first kappa shape index (κ1) is 16.9. The molecular weight excluding hydrogens is 342 g/mol. The molecule has 27 heavy (non-hydrogen) atoms. The minimum absolute atomic E-state index is 0.00415. The van der Waals surface area contributed by atoms with Crippen LogP contribution in [0.2, 0.25) is 0 Å². The predicted molar refractivity (Wildman–Crippen MR) is 104 cm³/mol. The van der Waals surface area contributed by atoms with Gasteiger partial charge in [-0.15, -0.1) is 0 Å². The lowest BCUT2D eigenvalue weighted by atomic mass is 10.2. The number of fused-ring (bicyclic) bond motifs is 1. The second-order valence-electron chi connectivity index (χ2n) is 6.46. The Balaban J connectivity index is 1.61. The fraction of sp³-hybridized carbons (Fsp3) is 0.143. The molecule has 1 aromatic heterocycles. The van der Waals surface area contributed by atoms with Crippen molar-refractivity contribution in [2.75, 3.05) is 17.2 Å². The van der Waals surface area contributed by atoms with Crippen molar-refractivity contribution in [2.24, 2.45) is 0 Å². The summed E-state index contributed by atoms with van der Waals surface area (Å²) >= 11 is 0. The van der Waals surface area contributed by atoms with Crippen molar-refractivity contribution < 1.29 is 14.3 Å². The summed E-state index contributed by atoms with van der Waals surface area (Å²) < 4.78 is 7.39. The first-order valence-electron chi connectivity index (χ1n) is 8.65. The Labute approximate surface area is 156 Å². The molecule has 0 bridgehead atoms. The van der Waals surface area contributed by atoms with Gasteiger partial charge in [0.2, 0.25) is 0 Å². The molecule has 0 spiro atoms. The molecule has 0 saturated carbocycles. The quantitative estimate of drug-likeness (QED) is 0.747. The number of amides is 2. The van der Waals surface area contributed by atoms with Gasteiger partial charge in [-0.05, 0) is 50.2 Å². The number of aryl methyl sites for hydroxylation is 1. The maximum Gasteiger partial charge on any atom is 0.262 e. The van der Waals surface area contributed by atoms with Crippen molar-refractivity contribution in [3.8, 4) is 11.4 Å². The fourth-order valence-corrected chi connectivity index (χ4v) is 3.33. The van der Waals surface area contributed by atoms with Gasteiger partial charge in [0.1, 0.15) is 5.75 Å². The van der Waals surface area contributed by atoms with E-state index in [1.165, 1.54) is 0 Å². The second kappa shape index (κ2) is 6.64. The topological polar surface area (TPSA) is 72.4 Å². The van der Waals surface area contributed by atoms with Gasteiger partial charge in [0.05, 0.1) is 11.3 Å². The minimum Gasteiger partial charge on any atom is -0.482 e. The number of benzene rings is 2. The highest BCUT2D eigenvalue weighted by Crippen LogP contribution is 2.31. The molecule has 0 unspecified atom stereocenters. The molecule has 1 aliphatic rings. The molecule has 0 fully saturated rings. The average Bonchev–Trinajstić information content (AvgIpc) is 2.96. The Morgan fingerprint density at radius 1 is 1.11 bits per heavy atom. The number of para-hydroxylation sites is 1. The van der Waals surface area contributed by atoms with Crippen LogP contribution in [0.15, 0.2) is 54.6 Å². The first-order chi connectivity index (χ1) is 13.0. The zero-order valence-electron chi connectivity index (χ0n) is 15.1. The molecule has 2 aromatic carbocycles. The average molecular weight is 361 g/mol. The minimum atomic E-state index is -0.211. The zero-order valence-corrected chi connectivity index (χ0v) is 15.1. The van der Waals surface area contributed by atoms with E-state index >= 15 is 0 Å². The van der Waals surface area contributed by atoms with Crippen molar-refractivity contribution in [1.29, 1.82) is 0 Å². The van der Waals surface area contributed by atoms with Gasteiger partial charge in [-0.2, -0.15) is 0 Å². The summed E-state index contributed by atoms with van der Waals surface area (Å²) in [6.45, 7) is 3.91. The molecule has 0 atom stereocenters. The Hall–Kier alpha value is -3.54. The highest BCUT2D eigenvalue weighted by molar-refractivity contribution is 6.06. The number of hydrogen-bond acceptors (Lipinski definition) is 3. The Kier molecular flexibility index (Phi) is 4.16. The van der Waals surface area contributed by atoms with Gasteiger partial charge < -0.3 is 19.9 Å². The summed E-state index contributed by atoms with van der Waals surface area (Å²) in [6.07, 6.45) is 0. The van der Waals surface area contributed by atoms with E-state index in [1.54, 1.807) is 18.2 Å². The summed E-state index contributed by atoms with van der Waals surface area (Å²) in [5, 5.41) is 5.64. The molecule has 1 aliphatic heterocycles. The Bertz CT molecular complexity index is 1040. The van der Waals surface area contributed by atoms with Crippen LogP contribution in [0.3, 0.4) is 0 Å². The summed E-state index contributed by atoms with van der Waals surface area (Å²) in [4.78, 5) is 24.3. The molecule has 2 N–H and O–H groups in total. The Morgan fingerprint density at radius 2 is 1.89 bits per heavy atom. The number of hydrogen-bond donors (Lipinski definition) is 2. The van der Waals surface area contributed by atoms with Crippen LogP contribution in [0.5, 0.6) is 5.75 Å². The van der Waals surface area contributed by atoms with E-state index in [0.717, 1.165) is 17.1 Å². The number of aromatic nitrogens is 1. The highest BCUT2D eigenvalue weighted by atomic mass is 16.5. The van der Waals surface area contributed by atoms with Gasteiger partial charge in [0.15, 0.2) is 6.61 Å². The number of carbonyl (C=O) groups is 2. The van der Waals surface area contributed by atoms with Crippen LogP contribution >= 0.6 is 0 Å². The van der Waals surface area contributed by atoms with Gasteiger partial charge in [0, 0.05) is 22.8 Å². The van der Waals surface area contributed by atoms with Crippen LogP contribution in [0.25, 0.3) is 5.69 Å². The lowest BCUT2D eigenvalue weighted by Gasteiger charge is -2.18. The maximum atomic E-state index is 12.8. The van der Waals surface area contributed by atoms with E-state index < -0.39 is 0 Å². The second-order valence-corrected chi connectivity index (χ2v) is 6.46. The highest BCUT2D eigenvalue weighted by Gasteiger charge is 2.19. The smallest absolute Gasteiger partial charge is 0.262 e. The molecule has 2 heterocycles. The van der Waals surface area contributed by atoms with Gasteiger partial charge in [-0.1, -0.05) is 18.2 Å². The summed E-state index contributed by atoms with van der Waals surface area (Å²) in [7, 11) is 0. The molecule has 2 amide bonds. The van der Waals surface area contributed by atoms with E-state index in [9.17, 15) is 9.59 Å². The molecule has 6 heteroatoms. The van der Waals surface area contributed by atoms with Crippen LogP contribution in [0.4, 0.5) is 11.4 Å². The number of nitrogens with zero attached hydrogens (tertiary/aromatic N) is 1. The van der Waals surface area contributed by atoms with E-state index in [0.29, 0.717) is 22.7 Å². The number of anilines is 2. The third-order valence-corrected chi connectivity index (χ3v) is 4.56. The molecule has 136 valence electrons. The molecule has 0 saturated heterocycles. The summed E-state index contributed by atoms with van der Waals surface area (Å²) in [5.41, 5.74) is 4.61. The van der Waals surface area contributed by atoms with Crippen molar-refractivity contribution in [3.63, 3.8) is 0 Å². The number of rotatable bonds is 3. The number of nitrogens with one attached hydrogen (secondary N) is 2. The van der Waals surface area contributed by atoms with Gasteiger partial charge >= 0.3 is 0 Å². The molecule has 3 aromatic rings. The van der Waals surface area contributed by atoms with Crippen molar-refractivity contribution in [3.05, 3.63) is 71.5 Å². The van der Waals surface area contributed by atoms with Gasteiger partial charge in [0.25, 0.3) is 11.8 Å². The van der Waals surface area contributed by atoms with Crippen LogP contribution < -0.4 is 15.4 Å². The van der Waals surface area contributed by atoms with Gasteiger partial charge in [-0.25, -0.2) is 0 Å². The van der Waals surface area contributed by atoms with Crippen LogP contribution in [0.1, 0.15) is 21.7 Å². The van der Waals surface area contributed by atoms with E-state index in [4.69, 9.17) is 4.74 Å². The maximum absolute atomic E-state index is 12.8. The zero-order chi connectivity index (χ0) is 19.0. The lowest BCUT2D eigenvalue weighted by Crippen LogP contribution is -2.25. The SMILES string of the molecule is Cc1cc(C(=O)Nc2ccc3c(c2)NC(=O)CO3)c(C)n1-c1ccccc1. The molecule has 0 aliphatic carbocycles. The molecule has 6 nitrogen and oxygen atoms in total. The Morgan fingerprint density at radius 3 is 2.67 bits per heavy atom. The lowest BCUT2D eigenvalue weighted by molar-refractivity contribution is -0.118. The van der Waals surface area contributed by atoms with Crippen LogP contribution in [0, 0.1) is 13.8 Å². The number of ether oxygens (including phenoxy) is 1. The molecule has 4 rings (SSSR count). The largest absolute Gasteiger partial charge is 0.482 e. The molecule has 0 radical (unpaired) electrons. The van der Waals surface area contributed by atoms with Crippen molar-refractivity contribution in [1.82, 2.24) is 4.57 Å². The van der Waals surface area contributed by atoms with Crippen LogP contribution in [-0.2, 0) is 4.79 Å².